The van der Waals surface area contributed by atoms with Crippen LogP contribution in [0.3, 0.4) is 0 Å². The van der Waals surface area contributed by atoms with Crippen molar-refractivity contribution in [1.29, 1.82) is 0 Å². The summed E-state index contributed by atoms with van der Waals surface area (Å²) in [7, 11) is 0. The number of halogens is 1. The van der Waals surface area contributed by atoms with Crippen molar-refractivity contribution < 1.29 is 23.3 Å². The molecule has 11 heteroatoms. The van der Waals surface area contributed by atoms with Crippen molar-refractivity contribution in [3.8, 4) is 11.3 Å². The van der Waals surface area contributed by atoms with Crippen molar-refractivity contribution in [2.75, 3.05) is 6.61 Å². The number of nitro groups is 1. The molecule has 0 saturated carbocycles. The van der Waals surface area contributed by atoms with Gasteiger partial charge in [-0.15, -0.1) is 0 Å². The fourth-order valence-electron chi connectivity index (χ4n) is 4.89. The molecule has 0 fully saturated rings. The highest BCUT2D eigenvalue weighted by molar-refractivity contribution is 7.07. The predicted octanol–water partition coefficient (Wildman–Crippen LogP) is 5.24. The average molecular weight is 596 g/mol. The number of rotatable bonds is 7. The number of hydrogen-bond acceptors (Lipinski definition) is 8. The van der Waals surface area contributed by atoms with E-state index >= 15 is 0 Å². The van der Waals surface area contributed by atoms with E-state index < -0.39 is 28.3 Å². The standard InChI is InChI=1S/C32H22FN3O6S/c1-2-41-31(38)27-28(19-7-4-3-5-8-19)34-32-35(29(27)20-11-13-22(33)14-12-20)30(37)26(43-32)18-24-15-16-25(42-24)21-9-6-10-23(17-21)36(39)40/h3-18,29H,2H2,1H3/b26-18-. The summed E-state index contributed by atoms with van der Waals surface area (Å²) in [5.74, 6) is -0.360. The zero-order valence-electron chi connectivity index (χ0n) is 22.6. The lowest BCUT2D eigenvalue weighted by Crippen LogP contribution is -2.40. The lowest BCUT2D eigenvalue weighted by molar-refractivity contribution is -0.384. The van der Waals surface area contributed by atoms with E-state index in [1.807, 2.05) is 30.3 Å². The molecular weight excluding hydrogens is 573 g/mol. The predicted molar refractivity (Wildman–Crippen MR) is 158 cm³/mol. The van der Waals surface area contributed by atoms with Gasteiger partial charge in [0.05, 0.1) is 33.4 Å². The number of nitro benzene ring substituents is 1. The topological polar surface area (TPSA) is 117 Å². The highest BCUT2D eigenvalue weighted by atomic mass is 32.1. The Hall–Kier alpha value is -5.42. The molecule has 0 amide bonds. The molecule has 5 aromatic rings. The van der Waals surface area contributed by atoms with E-state index in [2.05, 4.69) is 0 Å². The molecule has 0 saturated heterocycles. The molecule has 9 nitrogen and oxygen atoms in total. The van der Waals surface area contributed by atoms with Gasteiger partial charge in [-0.05, 0) is 36.8 Å². The Kier molecular flexibility index (Phi) is 7.39. The fraction of sp³-hybridized carbons (Fsp3) is 0.0938. The second-order valence-corrected chi connectivity index (χ2v) is 10.5. The van der Waals surface area contributed by atoms with E-state index in [1.165, 1.54) is 41.0 Å². The number of thiazole rings is 1. The van der Waals surface area contributed by atoms with Gasteiger partial charge in [0.2, 0.25) is 0 Å². The molecule has 0 spiro atoms. The van der Waals surface area contributed by atoms with Gasteiger partial charge in [-0.1, -0.05) is 65.9 Å². The molecule has 6 rings (SSSR count). The summed E-state index contributed by atoms with van der Waals surface area (Å²) in [6.45, 7) is 1.80. The quantitative estimate of drug-likeness (QED) is 0.144. The van der Waals surface area contributed by atoms with Crippen LogP contribution in [-0.2, 0) is 9.53 Å². The van der Waals surface area contributed by atoms with Gasteiger partial charge in [-0.3, -0.25) is 19.5 Å². The van der Waals surface area contributed by atoms with Gasteiger partial charge in [0.15, 0.2) is 4.80 Å². The molecule has 0 radical (unpaired) electrons. The number of hydrogen-bond donors (Lipinski definition) is 0. The van der Waals surface area contributed by atoms with E-state index in [-0.39, 0.29) is 22.4 Å². The minimum atomic E-state index is -0.940. The van der Waals surface area contributed by atoms with Crippen LogP contribution < -0.4 is 14.9 Å². The zero-order valence-corrected chi connectivity index (χ0v) is 23.4. The van der Waals surface area contributed by atoms with Gasteiger partial charge in [-0.25, -0.2) is 14.2 Å². The van der Waals surface area contributed by atoms with Gasteiger partial charge in [0.1, 0.15) is 17.3 Å². The van der Waals surface area contributed by atoms with Gasteiger partial charge < -0.3 is 9.15 Å². The van der Waals surface area contributed by atoms with E-state index in [0.717, 1.165) is 11.3 Å². The highest BCUT2D eigenvalue weighted by Gasteiger charge is 2.35. The van der Waals surface area contributed by atoms with Gasteiger partial charge in [0, 0.05) is 29.3 Å². The van der Waals surface area contributed by atoms with Crippen molar-refractivity contribution in [2.24, 2.45) is 4.99 Å². The molecule has 1 atom stereocenters. The summed E-state index contributed by atoms with van der Waals surface area (Å²) in [6.07, 6.45) is 1.56. The minimum absolute atomic E-state index is 0.0730. The zero-order chi connectivity index (χ0) is 30.1. The number of fused-ring (bicyclic) bond motifs is 1. The number of aromatic nitrogens is 1. The van der Waals surface area contributed by atoms with Crippen LogP contribution in [0.15, 0.2) is 111 Å². The van der Waals surface area contributed by atoms with Crippen LogP contribution in [0.1, 0.15) is 29.9 Å². The molecule has 1 unspecified atom stereocenters. The molecule has 3 heterocycles. The Morgan fingerprint density at radius 2 is 1.81 bits per heavy atom. The third kappa shape index (κ3) is 5.33. The molecule has 0 N–H and O–H groups in total. The number of nitrogens with zero attached hydrogens (tertiary/aromatic N) is 3. The summed E-state index contributed by atoms with van der Waals surface area (Å²) in [4.78, 5) is 43.2. The third-order valence-corrected chi connectivity index (χ3v) is 7.78. The maximum Gasteiger partial charge on any atom is 0.338 e. The van der Waals surface area contributed by atoms with Crippen LogP contribution in [0.5, 0.6) is 0 Å². The summed E-state index contributed by atoms with van der Waals surface area (Å²) < 4.78 is 27.0. The first-order valence-corrected chi connectivity index (χ1v) is 14.0. The molecule has 2 aromatic heterocycles. The Morgan fingerprint density at radius 1 is 1.07 bits per heavy atom. The van der Waals surface area contributed by atoms with Crippen molar-refractivity contribution >= 4 is 34.8 Å². The number of furan rings is 1. The lowest BCUT2D eigenvalue weighted by Gasteiger charge is -2.25. The van der Waals surface area contributed by atoms with Gasteiger partial charge in [-0.2, -0.15) is 0 Å². The van der Waals surface area contributed by atoms with Crippen LogP contribution in [0.25, 0.3) is 23.1 Å². The molecule has 214 valence electrons. The molecule has 1 aliphatic rings. The first-order valence-electron chi connectivity index (χ1n) is 13.2. The van der Waals surface area contributed by atoms with Crippen molar-refractivity contribution in [1.82, 2.24) is 4.57 Å². The Labute approximate surface area is 247 Å². The van der Waals surface area contributed by atoms with Crippen LogP contribution in [0.2, 0.25) is 0 Å². The van der Waals surface area contributed by atoms with Crippen LogP contribution >= 0.6 is 11.3 Å². The molecular formula is C32H22FN3O6S. The Bertz CT molecular complexity index is 2080. The Morgan fingerprint density at radius 3 is 2.53 bits per heavy atom. The first kappa shape index (κ1) is 27.7. The summed E-state index contributed by atoms with van der Waals surface area (Å²) in [5.41, 5.74) is 1.68. The normalized spacial score (nSPS) is 14.7. The maximum atomic E-state index is 14.0. The summed E-state index contributed by atoms with van der Waals surface area (Å²) in [5, 5.41) is 11.2. The molecule has 1 aliphatic heterocycles. The van der Waals surface area contributed by atoms with E-state index in [1.54, 1.807) is 37.3 Å². The van der Waals surface area contributed by atoms with Crippen molar-refractivity contribution in [3.05, 3.63) is 149 Å². The highest BCUT2D eigenvalue weighted by Crippen LogP contribution is 2.35. The maximum absolute atomic E-state index is 14.0. The van der Waals surface area contributed by atoms with E-state index in [9.17, 15) is 24.1 Å². The fourth-order valence-corrected chi connectivity index (χ4v) is 5.87. The monoisotopic (exact) mass is 595 g/mol. The number of carbonyl (C=O) groups is 1. The minimum Gasteiger partial charge on any atom is -0.463 e. The number of esters is 1. The van der Waals surface area contributed by atoms with Crippen LogP contribution in [0, 0.1) is 15.9 Å². The molecule has 0 aliphatic carbocycles. The van der Waals surface area contributed by atoms with Gasteiger partial charge >= 0.3 is 5.97 Å². The number of non-ortho nitro benzene ring substituents is 1. The van der Waals surface area contributed by atoms with E-state index in [4.69, 9.17) is 14.1 Å². The lowest BCUT2D eigenvalue weighted by atomic mass is 9.93. The first-order chi connectivity index (χ1) is 20.8. The molecule has 43 heavy (non-hydrogen) atoms. The smallest absolute Gasteiger partial charge is 0.338 e. The molecule has 3 aromatic carbocycles. The summed E-state index contributed by atoms with van der Waals surface area (Å²) in [6, 6.07) is 23.1. The molecule has 0 bridgehead atoms. The van der Waals surface area contributed by atoms with Crippen LogP contribution in [-0.4, -0.2) is 22.1 Å². The largest absolute Gasteiger partial charge is 0.463 e. The van der Waals surface area contributed by atoms with Crippen molar-refractivity contribution in [3.63, 3.8) is 0 Å². The number of ether oxygens (including phenoxy) is 1. The summed E-state index contributed by atoms with van der Waals surface area (Å²) >= 11 is 1.11. The second-order valence-electron chi connectivity index (χ2n) is 9.49. The number of carbonyl (C=O) groups excluding carboxylic acids is 1. The van der Waals surface area contributed by atoms with Gasteiger partial charge in [0.25, 0.3) is 11.2 Å². The second kappa shape index (κ2) is 11.5. The third-order valence-electron chi connectivity index (χ3n) is 6.80. The average Bonchev–Trinajstić information content (AvgIpc) is 3.61. The number of benzene rings is 3. The van der Waals surface area contributed by atoms with Crippen molar-refractivity contribution in [2.45, 2.75) is 13.0 Å². The SMILES string of the molecule is CCOC(=O)C1=C(c2ccccc2)N=c2s/c(=C\c3ccc(-c4cccc([N+](=O)[O-])c4)o3)c(=O)n2C1c1ccc(F)cc1. The van der Waals surface area contributed by atoms with Crippen LogP contribution in [0.4, 0.5) is 10.1 Å². The van der Waals surface area contributed by atoms with E-state index in [0.29, 0.717) is 38.7 Å². The Balaban J connectivity index is 1.54.